The molecule has 0 amide bonds. The van der Waals surface area contributed by atoms with Gasteiger partial charge in [0.25, 0.3) is 0 Å². The first-order valence-electron chi connectivity index (χ1n) is 6.92. The average molecular weight is 369 g/mol. The topological polar surface area (TPSA) is 21.3 Å². The summed E-state index contributed by atoms with van der Waals surface area (Å²) in [5, 5.41) is 4.06. The summed E-state index contributed by atoms with van der Waals surface area (Å²) in [5.74, 6) is 0.904. The van der Waals surface area contributed by atoms with Gasteiger partial charge in [-0.25, -0.2) is 0 Å². The molecule has 0 heterocycles. The summed E-state index contributed by atoms with van der Waals surface area (Å²) < 4.78 is 6.67. The predicted octanol–water partition coefficient (Wildman–Crippen LogP) is 5.12. The predicted molar refractivity (Wildman–Crippen MR) is 92.4 cm³/mol. The summed E-state index contributed by atoms with van der Waals surface area (Å²) in [6.07, 6.45) is 0. The highest BCUT2D eigenvalue weighted by Gasteiger charge is 2.18. The lowest BCUT2D eigenvalue weighted by Gasteiger charge is -2.21. The van der Waals surface area contributed by atoms with Crippen molar-refractivity contribution < 1.29 is 4.74 Å². The van der Waals surface area contributed by atoms with Crippen molar-refractivity contribution in [3.63, 3.8) is 0 Å². The summed E-state index contributed by atoms with van der Waals surface area (Å²) in [7, 11) is 1.94. The largest absolute Gasteiger partial charge is 0.494 e. The minimum Gasteiger partial charge on any atom is -0.494 e. The quantitative estimate of drug-likeness (QED) is 0.791. The number of rotatable bonds is 5. The second-order valence-corrected chi connectivity index (χ2v) is 6.13. The number of ether oxygens (including phenoxy) is 1. The van der Waals surface area contributed by atoms with E-state index in [2.05, 4.69) is 46.4 Å². The van der Waals surface area contributed by atoms with E-state index < -0.39 is 0 Å². The van der Waals surface area contributed by atoms with Gasteiger partial charge in [-0.3, -0.25) is 0 Å². The summed E-state index contributed by atoms with van der Waals surface area (Å²) in [4.78, 5) is 0. The van der Waals surface area contributed by atoms with Gasteiger partial charge in [-0.1, -0.05) is 35.4 Å². The summed E-state index contributed by atoms with van der Waals surface area (Å²) >= 11 is 9.66. The van der Waals surface area contributed by atoms with Gasteiger partial charge in [0.1, 0.15) is 5.75 Å². The molecule has 0 aliphatic heterocycles. The maximum atomic E-state index is 6.23. The van der Waals surface area contributed by atoms with Gasteiger partial charge in [0, 0.05) is 10.0 Å². The van der Waals surface area contributed by atoms with Gasteiger partial charge in [-0.15, -0.1) is 0 Å². The van der Waals surface area contributed by atoms with Crippen molar-refractivity contribution in [2.24, 2.45) is 0 Å². The van der Waals surface area contributed by atoms with Crippen molar-refractivity contribution in [3.05, 3.63) is 62.6 Å². The number of benzene rings is 2. The first kappa shape index (κ1) is 16.3. The van der Waals surface area contributed by atoms with Crippen LogP contribution in [0.1, 0.15) is 29.7 Å². The third-order valence-corrected chi connectivity index (χ3v) is 4.57. The molecule has 1 atom stereocenters. The van der Waals surface area contributed by atoms with Gasteiger partial charge in [0.2, 0.25) is 0 Å². The maximum absolute atomic E-state index is 6.23. The normalized spacial score (nSPS) is 12.2. The fourth-order valence-corrected chi connectivity index (χ4v) is 2.81. The number of hydrogen-bond donors (Lipinski definition) is 1. The van der Waals surface area contributed by atoms with Crippen LogP contribution in [0.5, 0.6) is 5.75 Å². The van der Waals surface area contributed by atoms with Crippen molar-refractivity contribution in [3.8, 4) is 5.75 Å². The number of hydrogen-bond acceptors (Lipinski definition) is 2. The van der Waals surface area contributed by atoms with E-state index in [4.69, 9.17) is 16.3 Å². The van der Waals surface area contributed by atoms with E-state index in [1.807, 2.05) is 32.2 Å². The fraction of sp³-hybridized carbons (Fsp3) is 0.294. The Labute approximate surface area is 139 Å². The zero-order valence-electron chi connectivity index (χ0n) is 12.4. The molecule has 2 rings (SSSR count). The maximum Gasteiger partial charge on any atom is 0.124 e. The summed E-state index contributed by atoms with van der Waals surface area (Å²) in [5.41, 5.74) is 3.44. The highest BCUT2D eigenvalue weighted by atomic mass is 79.9. The molecule has 0 aliphatic carbocycles. The fourth-order valence-electron chi connectivity index (χ4n) is 2.37. The van der Waals surface area contributed by atoms with Crippen LogP contribution in [-0.4, -0.2) is 13.7 Å². The SMILES string of the molecule is CCOc1ccc(C)cc1C(NC)c1ccc(Br)c(Cl)c1. The molecule has 0 fully saturated rings. The van der Waals surface area contributed by atoms with Gasteiger partial charge in [0.05, 0.1) is 17.7 Å². The molecular weight excluding hydrogens is 350 g/mol. The standard InChI is InChI=1S/C17H19BrClNO/c1-4-21-16-8-5-11(2)9-13(16)17(20-3)12-6-7-14(18)15(19)10-12/h5-10,17,20H,4H2,1-3H3. The lowest BCUT2D eigenvalue weighted by molar-refractivity contribution is 0.334. The van der Waals surface area contributed by atoms with Crippen LogP contribution in [0.3, 0.4) is 0 Å². The summed E-state index contributed by atoms with van der Waals surface area (Å²) in [6.45, 7) is 4.72. The van der Waals surface area contributed by atoms with E-state index in [0.717, 1.165) is 21.3 Å². The molecule has 0 spiro atoms. The Balaban J connectivity index is 2.49. The molecule has 0 radical (unpaired) electrons. The first-order chi connectivity index (χ1) is 10.1. The first-order valence-corrected chi connectivity index (χ1v) is 8.09. The lowest BCUT2D eigenvalue weighted by atomic mass is 9.96. The van der Waals surface area contributed by atoms with Crippen LogP contribution >= 0.6 is 27.5 Å². The summed E-state index contributed by atoms with van der Waals surface area (Å²) in [6, 6.07) is 12.3. The van der Waals surface area contributed by atoms with Crippen LogP contribution in [0.25, 0.3) is 0 Å². The van der Waals surface area contributed by atoms with Crippen LogP contribution in [0.15, 0.2) is 40.9 Å². The molecule has 0 aliphatic rings. The molecular formula is C17H19BrClNO. The van der Waals surface area contributed by atoms with Gasteiger partial charge in [-0.2, -0.15) is 0 Å². The molecule has 0 saturated carbocycles. The van der Waals surface area contributed by atoms with Crippen molar-refractivity contribution in [2.75, 3.05) is 13.7 Å². The van der Waals surface area contributed by atoms with Crippen LogP contribution in [-0.2, 0) is 0 Å². The van der Waals surface area contributed by atoms with Gasteiger partial charge < -0.3 is 10.1 Å². The Bertz CT molecular complexity index is 630. The molecule has 2 aromatic rings. The minimum absolute atomic E-state index is 0.0389. The molecule has 0 aromatic heterocycles. The Morgan fingerprint density at radius 2 is 2.00 bits per heavy atom. The molecule has 0 saturated heterocycles. The van der Waals surface area contributed by atoms with E-state index in [-0.39, 0.29) is 6.04 Å². The highest BCUT2D eigenvalue weighted by molar-refractivity contribution is 9.10. The highest BCUT2D eigenvalue weighted by Crippen LogP contribution is 2.33. The second kappa shape index (κ2) is 7.30. The van der Waals surface area contributed by atoms with E-state index in [1.165, 1.54) is 5.56 Å². The zero-order chi connectivity index (χ0) is 15.4. The molecule has 1 N–H and O–H groups in total. The molecule has 0 bridgehead atoms. The third-order valence-electron chi connectivity index (χ3n) is 3.34. The molecule has 4 heteroatoms. The van der Waals surface area contributed by atoms with Crippen LogP contribution in [0, 0.1) is 6.92 Å². The van der Waals surface area contributed by atoms with Gasteiger partial charge in [0.15, 0.2) is 0 Å². The van der Waals surface area contributed by atoms with Crippen molar-refractivity contribution in [1.29, 1.82) is 0 Å². The second-order valence-electron chi connectivity index (χ2n) is 4.87. The van der Waals surface area contributed by atoms with Crippen LogP contribution in [0.4, 0.5) is 0 Å². The Kier molecular flexibility index (Phi) is 5.68. The Morgan fingerprint density at radius 1 is 1.24 bits per heavy atom. The lowest BCUT2D eigenvalue weighted by Crippen LogP contribution is -2.19. The van der Waals surface area contributed by atoms with Gasteiger partial charge >= 0.3 is 0 Å². The minimum atomic E-state index is 0.0389. The van der Waals surface area contributed by atoms with E-state index in [0.29, 0.717) is 11.6 Å². The van der Waals surface area contributed by atoms with Gasteiger partial charge in [-0.05, 0) is 60.6 Å². The molecule has 1 unspecified atom stereocenters. The van der Waals surface area contributed by atoms with E-state index in [9.17, 15) is 0 Å². The number of halogens is 2. The molecule has 112 valence electrons. The molecule has 2 aromatic carbocycles. The van der Waals surface area contributed by atoms with Crippen molar-refractivity contribution >= 4 is 27.5 Å². The Morgan fingerprint density at radius 3 is 2.62 bits per heavy atom. The average Bonchev–Trinajstić information content (AvgIpc) is 2.46. The third kappa shape index (κ3) is 3.79. The number of nitrogens with one attached hydrogen (secondary N) is 1. The Hall–Kier alpha value is -1.03. The molecule has 2 nitrogen and oxygen atoms in total. The van der Waals surface area contributed by atoms with E-state index >= 15 is 0 Å². The van der Waals surface area contributed by atoms with Crippen LogP contribution < -0.4 is 10.1 Å². The number of aryl methyl sites for hydroxylation is 1. The monoisotopic (exact) mass is 367 g/mol. The van der Waals surface area contributed by atoms with Crippen molar-refractivity contribution in [1.82, 2.24) is 5.32 Å². The smallest absolute Gasteiger partial charge is 0.124 e. The molecule has 21 heavy (non-hydrogen) atoms. The van der Waals surface area contributed by atoms with Crippen LogP contribution in [0.2, 0.25) is 5.02 Å². The zero-order valence-corrected chi connectivity index (χ0v) is 14.8. The van der Waals surface area contributed by atoms with E-state index in [1.54, 1.807) is 0 Å². The van der Waals surface area contributed by atoms with Crippen molar-refractivity contribution in [2.45, 2.75) is 19.9 Å².